The van der Waals surface area contributed by atoms with Crippen LogP contribution in [0.1, 0.15) is 55.4 Å². The van der Waals surface area contributed by atoms with E-state index < -0.39 is 51.2 Å². The maximum Gasteiger partial charge on any atom is 0.442 e. The van der Waals surface area contributed by atoms with Crippen molar-refractivity contribution in [1.82, 2.24) is 19.9 Å². The van der Waals surface area contributed by atoms with Crippen LogP contribution in [0, 0.1) is 0 Å². The van der Waals surface area contributed by atoms with Gasteiger partial charge in [-0.25, -0.2) is 9.59 Å². The van der Waals surface area contributed by atoms with E-state index in [9.17, 15) is 18.0 Å². The van der Waals surface area contributed by atoms with Crippen LogP contribution in [0.25, 0.3) is 0 Å². The van der Waals surface area contributed by atoms with Crippen LogP contribution >= 0.6 is 0 Å². The zero-order valence-corrected chi connectivity index (χ0v) is 30.6. The van der Waals surface area contributed by atoms with Gasteiger partial charge in [-0.05, 0) is 61.3 Å². The largest absolute Gasteiger partial charge is 0.442 e. The first-order valence-corrected chi connectivity index (χ1v) is 22.1. The highest BCUT2D eigenvalue weighted by Gasteiger charge is 2.51. The van der Waals surface area contributed by atoms with Gasteiger partial charge in [-0.3, -0.25) is 0 Å². The Kier molecular flexibility index (Phi) is 8.92. The Labute approximate surface area is 259 Å². The Balaban J connectivity index is 1.42. The van der Waals surface area contributed by atoms with E-state index in [1.54, 1.807) is 9.80 Å². The molecule has 2 fully saturated rings. The number of urea groups is 2. The first-order chi connectivity index (χ1) is 19.5. The summed E-state index contributed by atoms with van der Waals surface area (Å²) in [5, 5.41) is 1.68. The molecule has 4 heterocycles. The third-order valence-electron chi connectivity index (χ3n) is 10.1. The molecule has 0 aromatic rings. The predicted molar refractivity (Wildman–Crippen MR) is 168 cm³/mol. The van der Waals surface area contributed by atoms with E-state index in [0.29, 0.717) is 13.2 Å². The molecular formula is C28H50N4O8SSi2. The Morgan fingerprint density at radius 2 is 1.05 bits per heavy atom. The van der Waals surface area contributed by atoms with E-state index in [-0.39, 0.29) is 35.2 Å². The van der Waals surface area contributed by atoms with E-state index in [1.165, 1.54) is 0 Å². The highest BCUT2D eigenvalue weighted by Crippen LogP contribution is 2.39. The maximum absolute atomic E-state index is 13.4. The summed E-state index contributed by atoms with van der Waals surface area (Å²) in [6.07, 6.45) is 3.85. The monoisotopic (exact) mass is 658 g/mol. The van der Waals surface area contributed by atoms with Crippen LogP contribution in [0.2, 0.25) is 36.3 Å². The number of amides is 4. The molecule has 244 valence electrons. The van der Waals surface area contributed by atoms with Gasteiger partial charge in [0.05, 0.1) is 38.4 Å². The molecule has 15 heteroatoms. The molecule has 4 aliphatic heterocycles. The summed E-state index contributed by atoms with van der Waals surface area (Å²) in [5.74, 6) is 0. The molecular weight excluding hydrogens is 609 g/mol. The SMILES string of the molecule is CC1=CC(CO[Si](C)(C)C(C)(C)C)N2CC1N(OS(=O)(=O)ON1C(=O)N3CC1C(C)=CC3CO[Si](C)(C)C(C)(C)C)C2=O. The normalized spacial score (nSPS) is 26.9. The fourth-order valence-corrected chi connectivity index (χ4v) is 7.89. The molecule has 4 rings (SSSR count). The van der Waals surface area contributed by atoms with Gasteiger partial charge in [-0.2, -0.15) is 18.5 Å². The van der Waals surface area contributed by atoms with E-state index in [1.807, 2.05) is 26.0 Å². The van der Waals surface area contributed by atoms with Crippen molar-refractivity contribution in [3.8, 4) is 0 Å². The summed E-state index contributed by atoms with van der Waals surface area (Å²) in [4.78, 5) is 29.8. The second kappa shape index (κ2) is 11.2. The predicted octanol–water partition coefficient (Wildman–Crippen LogP) is 5.01. The average Bonchev–Trinajstić information content (AvgIpc) is 3.28. The van der Waals surface area contributed by atoms with E-state index in [2.05, 4.69) is 67.7 Å². The minimum atomic E-state index is -4.83. The van der Waals surface area contributed by atoms with Crippen molar-refractivity contribution >= 4 is 39.1 Å². The van der Waals surface area contributed by atoms with E-state index in [0.717, 1.165) is 21.3 Å². The lowest BCUT2D eigenvalue weighted by molar-refractivity contribution is -0.0748. The second-order valence-corrected chi connectivity index (χ2v) is 25.9. The van der Waals surface area contributed by atoms with Crippen molar-refractivity contribution in [3.05, 3.63) is 23.3 Å². The minimum Gasteiger partial charge on any atom is -0.414 e. The zero-order valence-electron chi connectivity index (χ0n) is 27.8. The van der Waals surface area contributed by atoms with E-state index >= 15 is 0 Å². The first kappa shape index (κ1) is 34.1. The molecule has 43 heavy (non-hydrogen) atoms. The van der Waals surface area contributed by atoms with Gasteiger partial charge in [0.25, 0.3) is 0 Å². The molecule has 0 aliphatic carbocycles. The van der Waals surface area contributed by atoms with Gasteiger partial charge in [0.15, 0.2) is 16.6 Å². The molecule has 4 bridgehead atoms. The van der Waals surface area contributed by atoms with Crippen LogP contribution in [0.3, 0.4) is 0 Å². The number of rotatable bonds is 10. The second-order valence-electron chi connectivity index (χ2n) is 15.2. The van der Waals surface area contributed by atoms with Crippen LogP contribution in [-0.2, 0) is 27.8 Å². The molecule has 4 aliphatic rings. The van der Waals surface area contributed by atoms with Crippen molar-refractivity contribution in [2.24, 2.45) is 0 Å². The summed E-state index contributed by atoms with van der Waals surface area (Å²) in [5.41, 5.74) is 1.59. The third-order valence-corrected chi connectivity index (χ3v) is 19.8. The van der Waals surface area contributed by atoms with Crippen LogP contribution in [-0.4, -0.2) is 108 Å². The molecule has 0 saturated carbocycles. The molecule has 0 spiro atoms. The van der Waals surface area contributed by atoms with Crippen molar-refractivity contribution < 1.29 is 35.4 Å². The summed E-state index contributed by atoms with van der Waals surface area (Å²) < 4.78 is 49.6. The van der Waals surface area contributed by atoms with Gasteiger partial charge in [0, 0.05) is 0 Å². The number of nitrogens with zero attached hydrogens (tertiary/aromatic N) is 4. The van der Waals surface area contributed by atoms with Crippen LogP contribution < -0.4 is 0 Å². The summed E-state index contributed by atoms with van der Waals surface area (Å²) in [6.45, 7) is 26.3. The van der Waals surface area contributed by atoms with Gasteiger partial charge < -0.3 is 18.7 Å². The minimum absolute atomic E-state index is 0.00573. The number of hydrogen-bond donors (Lipinski definition) is 0. The molecule has 12 nitrogen and oxygen atoms in total. The molecule has 2 saturated heterocycles. The molecule has 0 N–H and O–H groups in total. The van der Waals surface area contributed by atoms with Crippen molar-refractivity contribution in [3.63, 3.8) is 0 Å². The van der Waals surface area contributed by atoms with Crippen LogP contribution in [0.5, 0.6) is 0 Å². The van der Waals surface area contributed by atoms with Gasteiger partial charge in [-0.15, -0.1) is 8.57 Å². The number of carbonyl (C=O) groups excluding carboxylic acids is 2. The maximum atomic E-state index is 13.4. The van der Waals surface area contributed by atoms with Crippen LogP contribution in [0.15, 0.2) is 23.3 Å². The fourth-order valence-electron chi connectivity index (χ4n) is 5.09. The fraction of sp³-hybridized carbons (Fsp3) is 0.786. The lowest BCUT2D eigenvalue weighted by atomic mass is 10.0. The molecule has 0 radical (unpaired) electrons. The topological polar surface area (TPSA) is 118 Å². The summed E-state index contributed by atoms with van der Waals surface area (Å²) in [7, 11) is -8.97. The quantitative estimate of drug-likeness (QED) is 0.238. The number of hydroxylamine groups is 4. The smallest absolute Gasteiger partial charge is 0.414 e. The van der Waals surface area contributed by atoms with Crippen LogP contribution in [0.4, 0.5) is 9.59 Å². The van der Waals surface area contributed by atoms with Crippen molar-refractivity contribution in [1.29, 1.82) is 0 Å². The Bertz CT molecular complexity index is 1210. The van der Waals surface area contributed by atoms with E-state index in [4.69, 9.17) is 17.4 Å². The Morgan fingerprint density at radius 3 is 1.35 bits per heavy atom. The number of fused-ring (bicyclic) bond motifs is 4. The number of hydrogen-bond acceptors (Lipinski definition) is 8. The highest BCUT2D eigenvalue weighted by molar-refractivity contribution is 7.81. The lowest BCUT2D eigenvalue weighted by Gasteiger charge is -2.38. The Morgan fingerprint density at radius 1 is 0.721 bits per heavy atom. The molecule has 0 aromatic heterocycles. The Hall–Kier alpha value is -1.76. The van der Waals surface area contributed by atoms with Gasteiger partial charge in [-0.1, -0.05) is 53.7 Å². The molecule has 4 unspecified atom stereocenters. The number of carbonyl (C=O) groups is 2. The van der Waals surface area contributed by atoms with Gasteiger partial charge in [0.1, 0.15) is 12.1 Å². The summed E-state index contributed by atoms with van der Waals surface area (Å²) in [6, 6.07) is -3.09. The van der Waals surface area contributed by atoms with Crippen molar-refractivity contribution in [2.45, 2.75) is 116 Å². The standard InChI is InChI=1S/C28H50N4O8SSi2/c1-19-13-21(17-37-42(9,10)27(3,4)5)29-15-23(19)31(25(29)33)39-41(35,36)40-32-24-16-30(26(32)34)22(14-20(24)2)18-38-43(11,12)28(6,7)8/h13-14,21-24H,15-18H2,1-12H3. The van der Waals surface area contributed by atoms with Gasteiger partial charge in [0.2, 0.25) is 0 Å². The lowest BCUT2D eigenvalue weighted by Crippen LogP contribution is -2.47. The zero-order chi connectivity index (χ0) is 32.5. The summed E-state index contributed by atoms with van der Waals surface area (Å²) >= 11 is 0. The average molecular weight is 659 g/mol. The molecule has 4 atom stereocenters. The first-order valence-electron chi connectivity index (χ1n) is 14.9. The molecule has 0 aromatic carbocycles. The molecule has 4 amide bonds. The highest BCUT2D eigenvalue weighted by atomic mass is 32.3. The third kappa shape index (κ3) is 6.63. The van der Waals surface area contributed by atoms with Gasteiger partial charge >= 0.3 is 22.5 Å². The van der Waals surface area contributed by atoms with Crippen molar-refractivity contribution in [2.75, 3.05) is 26.3 Å².